The molecule has 80 valence electrons. The molecule has 0 saturated carbocycles. The maximum Gasteiger partial charge on any atom is 0.303 e. The fourth-order valence-electron chi connectivity index (χ4n) is 1.22. The van der Waals surface area contributed by atoms with Crippen LogP contribution in [0.4, 0.5) is 4.39 Å². The van der Waals surface area contributed by atoms with Crippen LogP contribution in [0.3, 0.4) is 0 Å². The van der Waals surface area contributed by atoms with E-state index in [2.05, 4.69) is 0 Å². The summed E-state index contributed by atoms with van der Waals surface area (Å²) in [4.78, 5) is 10.2. The molecule has 1 rings (SSSR count). The van der Waals surface area contributed by atoms with E-state index in [1.54, 1.807) is 31.2 Å². The van der Waals surface area contributed by atoms with Crippen molar-refractivity contribution in [1.29, 1.82) is 0 Å². The monoisotopic (exact) mass is 208 g/mol. The van der Waals surface area contributed by atoms with E-state index in [0.717, 1.165) is 5.56 Å². The van der Waals surface area contributed by atoms with Crippen LogP contribution in [0.5, 0.6) is 0 Å². The lowest BCUT2D eigenvalue weighted by Gasteiger charge is -2.00. The Kier molecular flexibility index (Phi) is 4.03. The molecule has 3 heteroatoms. The summed E-state index contributed by atoms with van der Waals surface area (Å²) in [7, 11) is 0. The molecule has 0 bridgehead atoms. The molecule has 0 unspecified atom stereocenters. The zero-order valence-electron chi connectivity index (χ0n) is 8.53. The number of hydrogen-bond acceptors (Lipinski definition) is 1. The van der Waals surface area contributed by atoms with E-state index in [-0.39, 0.29) is 12.2 Å². The molecular formula is C12H13FO2. The number of carboxylic acid groups (broad SMARTS) is 1. The van der Waals surface area contributed by atoms with Crippen molar-refractivity contribution in [3.8, 4) is 0 Å². The molecule has 1 N–H and O–H groups in total. The summed E-state index contributed by atoms with van der Waals surface area (Å²) in [6.45, 7) is 1.70. The van der Waals surface area contributed by atoms with Gasteiger partial charge in [0.05, 0.1) is 0 Å². The molecule has 0 radical (unpaired) electrons. The van der Waals surface area contributed by atoms with Crippen LogP contribution >= 0.6 is 0 Å². The lowest BCUT2D eigenvalue weighted by molar-refractivity contribution is -0.136. The van der Waals surface area contributed by atoms with Gasteiger partial charge in [0.25, 0.3) is 0 Å². The second-order valence-corrected chi connectivity index (χ2v) is 3.29. The second-order valence-electron chi connectivity index (χ2n) is 3.29. The van der Waals surface area contributed by atoms with Gasteiger partial charge < -0.3 is 5.11 Å². The molecule has 1 aromatic rings. The number of benzene rings is 1. The molecule has 0 aliphatic rings. The minimum Gasteiger partial charge on any atom is -0.481 e. The Morgan fingerprint density at radius 3 is 2.93 bits per heavy atom. The lowest BCUT2D eigenvalue weighted by Crippen LogP contribution is -1.91. The van der Waals surface area contributed by atoms with Gasteiger partial charge in [-0.05, 0) is 30.5 Å². The maximum absolute atomic E-state index is 13.1. The van der Waals surface area contributed by atoms with Gasteiger partial charge in [-0.1, -0.05) is 24.3 Å². The minimum atomic E-state index is -0.824. The number of rotatable bonds is 4. The quantitative estimate of drug-likeness (QED) is 0.825. The van der Waals surface area contributed by atoms with Crippen molar-refractivity contribution in [3.63, 3.8) is 0 Å². The molecule has 0 heterocycles. The molecule has 0 fully saturated rings. The van der Waals surface area contributed by atoms with Crippen LogP contribution < -0.4 is 0 Å². The van der Waals surface area contributed by atoms with Crippen LogP contribution in [0, 0.1) is 12.7 Å². The number of halogens is 1. The summed E-state index contributed by atoms with van der Waals surface area (Å²) in [5.74, 6) is -1.06. The topological polar surface area (TPSA) is 37.3 Å². The molecule has 15 heavy (non-hydrogen) atoms. The van der Waals surface area contributed by atoms with Gasteiger partial charge in [0, 0.05) is 6.42 Å². The number of hydrogen-bond donors (Lipinski definition) is 1. The van der Waals surface area contributed by atoms with E-state index in [4.69, 9.17) is 5.11 Å². The highest BCUT2D eigenvalue weighted by molar-refractivity contribution is 5.67. The third-order valence-corrected chi connectivity index (χ3v) is 2.13. The summed E-state index contributed by atoms with van der Waals surface area (Å²) < 4.78 is 13.1. The molecule has 1 aromatic carbocycles. The van der Waals surface area contributed by atoms with E-state index in [0.29, 0.717) is 12.0 Å². The zero-order chi connectivity index (χ0) is 11.3. The smallest absolute Gasteiger partial charge is 0.303 e. The van der Waals surface area contributed by atoms with Gasteiger partial charge in [-0.25, -0.2) is 4.39 Å². The van der Waals surface area contributed by atoms with E-state index >= 15 is 0 Å². The van der Waals surface area contributed by atoms with Crippen LogP contribution in [-0.4, -0.2) is 11.1 Å². The molecule has 0 aromatic heterocycles. The van der Waals surface area contributed by atoms with Gasteiger partial charge in [-0.3, -0.25) is 4.79 Å². The van der Waals surface area contributed by atoms with Crippen molar-refractivity contribution >= 4 is 12.0 Å². The Hall–Kier alpha value is -1.64. The largest absolute Gasteiger partial charge is 0.481 e. The van der Waals surface area contributed by atoms with Crippen LogP contribution in [0.1, 0.15) is 24.0 Å². The van der Waals surface area contributed by atoms with Crippen molar-refractivity contribution in [2.75, 3.05) is 0 Å². The van der Waals surface area contributed by atoms with Gasteiger partial charge >= 0.3 is 5.97 Å². The fraction of sp³-hybridized carbons (Fsp3) is 0.250. The number of allylic oxidation sites excluding steroid dienone is 1. The molecule has 0 aliphatic heterocycles. The zero-order valence-corrected chi connectivity index (χ0v) is 8.53. The Morgan fingerprint density at radius 2 is 2.27 bits per heavy atom. The van der Waals surface area contributed by atoms with Crippen molar-refractivity contribution in [2.45, 2.75) is 19.8 Å². The predicted octanol–water partition coefficient (Wildman–Crippen LogP) is 3.01. The molecule has 0 amide bonds. The van der Waals surface area contributed by atoms with Crippen molar-refractivity contribution in [1.82, 2.24) is 0 Å². The number of carbonyl (C=O) groups is 1. The first-order valence-corrected chi connectivity index (χ1v) is 4.74. The predicted molar refractivity (Wildman–Crippen MR) is 57.0 cm³/mol. The average molecular weight is 208 g/mol. The van der Waals surface area contributed by atoms with Crippen molar-refractivity contribution < 1.29 is 14.3 Å². The lowest BCUT2D eigenvalue weighted by atomic mass is 10.1. The Bertz CT molecular complexity index is 383. The van der Waals surface area contributed by atoms with E-state index in [1.807, 2.05) is 0 Å². The van der Waals surface area contributed by atoms with E-state index in [9.17, 15) is 9.18 Å². The highest BCUT2D eigenvalue weighted by Gasteiger charge is 1.99. The van der Waals surface area contributed by atoms with Crippen molar-refractivity contribution in [3.05, 3.63) is 41.2 Å². The minimum absolute atomic E-state index is 0.102. The maximum atomic E-state index is 13.1. The molecule has 0 spiro atoms. The third kappa shape index (κ3) is 3.54. The van der Waals surface area contributed by atoms with Gasteiger partial charge in [-0.15, -0.1) is 0 Å². The van der Waals surface area contributed by atoms with E-state index < -0.39 is 5.97 Å². The van der Waals surface area contributed by atoms with Gasteiger partial charge in [0.15, 0.2) is 0 Å². The second kappa shape index (κ2) is 5.29. The van der Waals surface area contributed by atoms with Crippen molar-refractivity contribution in [2.24, 2.45) is 0 Å². The van der Waals surface area contributed by atoms with Crippen LogP contribution in [0.25, 0.3) is 6.08 Å². The third-order valence-electron chi connectivity index (χ3n) is 2.13. The first-order chi connectivity index (χ1) is 7.11. The summed E-state index contributed by atoms with van der Waals surface area (Å²) in [6, 6.07) is 4.85. The summed E-state index contributed by atoms with van der Waals surface area (Å²) in [5, 5.41) is 8.42. The molecule has 0 atom stereocenters. The fourth-order valence-corrected chi connectivity index (χ4v) is 1.22. The SMILES string of the molecule is Cc1c(F)cccc1C=CCCC(=O)O. The molecular weight excluding hydrogens is 195 g/mol. The summed E-state index contributed by atoms with van der Waals surface area (Å²) >= 11 is 0. The van der Waals surface area contributed by atoms with Gasteiger partial charge in [0.2, 0.25) is 0 Å². The number of carboxylic acids is 1. The van der Waals surface area contributed by atoms with Crippen LogP contribution in [-0.2, 0) is 4.79 Å². The summed E-state index contributed by atoms with van der Waals surface area (Å²) in [6.07, 6.45) is 4.06. The van der Waals surface area contributed by atoms with Gasteiger partial charge in [-0.2, -0.15) is 0 Å². The highest BCUT2D eigenvalue weighted by atomic mass is 19.1. The van der Waals surface area contributed by atoms with Gasteiger partial charge in [0.1, 0.15) is 5.82 Å². The first-order valence-electron chi connectivity index (χ1n) is 4.74. The standard InChI is InChI=1S/C12H13FO2/c1-9-10(6-4-7-11(9)13)5-2-3-8-12(14)15/h2,4-7H,3,8H2,1H3,(H,14,15). The highest BCUT2D eigenvalue weighted by Crippen LogP contribution is 2.13. The Balaban J connectivity index is 2.64. The molecule has 0 saturated heterocycles. The van der Waals surface area contributed by atoms with E-state index in [1.165, 1.54) is 6.07 Å². The summed E-state index contributed by atoms with van der Waals surface area (Å²) in [5.41, 5.74) is 1.38. The molecule has 2 nitrogen and oxygen atoms in total. The normalized spacial score (nSPS) is 10.8. The Labute approximate surface area is 88.1 Å². The number of aliphatic carboxylic acids is 1. The Morgan fingerprint density at radius 1 is 1.53 bits per heavy atom. The average Bonchev–Trinajstić information content (AvgIpc) is 2.18. The van der Waals surface area contributed by atoms with Crippen LogP contribution in [0.2, 0.25) is 0 Å². The molecule has 0 aliphatic carbocycles. The first kappa shape index (κ1) is 11.4. The van der Waals surface area contributed by atoms with Crippen LogP contribution in [0.15, 0.2) is 24.3 Å².